The quantitative estimate of drug-likeness (QED) is 0.463. The van der Waals surface area contributed by atoms with Crippen molar-refractivity contribution in [2.24, 2.45) is 4.99 Å². The first-order chi connectivity index (χ1) is 14.9. The van der Waals surface area contributed by atoms with E-state index in [4.69, 9.17) is 4.74 Å². The summed E-state index contributed by atoms with van der Waals surface area (Å²) in [5, 5.41) is 10.3. The maximum absolute atomic E-state index is 14.1. The lowest BCUT2D eigenvalue weighted by molar-refractivity contribution is 0.0973. The third-order valence-corrected chi connectivity index (χ3v) is 4.91. The number of aromatic nitrogens is 2. The van der Waals surface area contributed by atoms with Gasteiger partial charge in [-0.15, -0.1) is 0 Å². The number of nitrogens with zero attached hydrogens (tertiary/aromatic N) is 3. The zero-order chi connectivity index (χ0) is 22.4. The van der Waals surface area contributed by atoms with Crippen molar-refractivity contribution in [3.05, 3.63) is 76.9 Å². The van der Waals surface area contributed by atoms with Crippen LogP contribution in [0.25, 0.3) is 0 Å². The highest BCUT2D eigenvalue weighted by atomic mass is 19.1. The number of methoxy groups -OCH3 is 1. The Labute approximate surface area is 181 Å². The van der Waals surface area contributed by atoms with Crippen LogP contribution in [0.4, 0.5) is 10.1 Å². The van der Waals surface area contributed by atoms with E-state index in [0.717, 1.165) is 23.5 Å². The summed E-state index contributed by atoms with van der Waals surface area (Å²) in [5.74, 6) is -0.341. The number of carbonyl (C=O) groups excluding carboxylic acids is 1. The highest BCUT2D eigenvalue weighted by molar-refractivity contribution is 6.10. The van der Waals surface area contributed by atoms with E-state index in [2.05, 4.69) is 20.7 Å². The molecule has 0 bridgehead atoms. The van der Waals surface area contributed by atoms with Crippen LogP contribution in [0.1, 0.15) is 34.2 Å². The van der Waals surface area contributed by atoms with Crippen molar-refractivity contribution in [1.29, 1.82) is 0 Å². The smallest absolute Gasteiger partial charge is 0.260 e. The molecule has 0 unspecified atom stereocenters. The summed E-state index contributed by atoms with van der Waals surface area (Å²) in [6, 6.07) is 13.0. The summed E-state index contributed by atoms with van der Waals surface area (Å²) in [5.41, 5.74) is 3.49. The predicted molar refractivity (Wildman–Crippen MR) is 119 cm³/mol. The predicted octanol–water partition coefficient (Wildman–Crippen LogP) is 4.07. The fraction of sp³-hybridized carbons (Fsp3) is 0.261. The Morgan fingerprint density at radius 1 is 1.19 bits per heavy atom. The molecule has 1 heterocycles. The van der Waals surface area contributed by atoms with Crippen LogP contribution in [0, 0.1) is 19.7 Å². The van der Waals surface area contributed by atoms with Crippen molar-refractivity contribution in [1.82, 2.24) is 15.1 Å². The van der Waals surface area contributed by atoms with Gasteiger partial charge in [0.05, 0.1) is 24.9 Å². The first-order valence-corrected chi connectivity index (χ1v) is 9.97. The number of ether oxygens (including phenoxy) is 1. The van der Waals surface area contributed by atoms with Gasteiger partial charge >= 0.3 is 0 Å². The standard InChI is InChI=1S/C23H26FN5O2/c1-5-29-16(3)20(15(2)28-29)14-25-23(26-17-9-8-10-18(13-17)31-4)27-22(30)19-11-6-7-12-21(19)24/h6-13H,5,14H2,1-4H3,(H2,25,26,27,30). The number of aliphatic imine (C=N–C) groups is 1. The second-order valence-corrected chi connectivity index (χ2v) is 6.92. The van der Waals surface area contributed by atoms with Crippen molar-refractivity contribution < 1.29 is 13.9 Å². The molecule has 0 radical (unpaired) electrons. The highest BCUT2D eigenvalue weighted by Gasteiger charge is 2.15. The van der Waals surface area contributed by atoms with Crippen LogP contribution in [0.15, 0.2) is 53.5 Å². The molecule has 0 spiro atoms. The first kappa shape index (κ1) is 22.0. The number of guanidine groups is 1. The number of halogens is 1. The lowest BCUT2D eigenvalue weighted by Crippen LogP contribution is -2.36. The molecular formula is C23H26FN5O2. The van der Waals surface area contributed by atoms with Gasteiger partial charge in [-0.25, -0.2) is 9.38 Å². The average Bonchev–Trinajstić information content (AvgIpc) is 3.05. The topological polar surface area (TPSA) is 80.5 Å². The van der Waals surface area contributed by atoms with Gasteiger partial charge in [-0.3, -0.25) is 14.8 Å². The van der Waals surface area contributed by atoms with Crippen LogP contribution >= 0.6 is 0 Å². The van der Waals surface area contributed by atoms with Crippen LogP contribution in [-0.2, 0) is 13.1 Å². The van der Waals surface area contributed by atoms with Gasteiger partial charge in [0.25, 0.3) is 5.91 Å². The SMILES string of the molecule is CCn1nc(C)c(CN=C(NC(=O)c2ccccc2F)Nc2cccc(OC)c2)c1C. The van der Waals surface area contributed by atoms with E-state index in [1.54, 1.807) is 19.2 Å². The van der Waals surface area contributed by atoms with Crippen molar-refractivity contribution >= 4 is 17.6 Å². The molecule has 0 aliphatic rings. The number of carbonyl (C=O) groups is 1. The zero-order valence-electron chi connectivity index (χ0n) is 18.1. The molecule has 0 fully saturated rings. The third-order valence-electron chi connectivity index (χ3n) is 4.91. The zero-order valence-corrected chi connectivity index (χ0v) is 18.1. The minimum absolute atomic E-state index is 0.0613. The van der Waals surface area contributed by atoms with Crippen LogP contribution in [0.3, 0.4) is 0 Å². The van der Waals surface area contributed by atoms with E-state index in [9.17, 15) is 9.18 Å². The maximum Gasteiger partial charge on any atom is 0.260 e. The van der Waals surface area contributed by atoms with E-state index in [1.165, 1.54) is 18.2 Å². The summed E-state index contributed by atoms with van der Waals surface area (Å²) >= 11 is 0. The number of hydrogen-bond donors (Lipinski definition) is 2. The highest BCUT2D eigenvalue weighted by Crippen LogP contribution is 2.18. The lowest BCUT2D eigenvalue weighted by atomic mass is 10.2. The Balaban J connectivity index is 1.89. The molecule has 0 aliphatic carbocycles. The molecule has 0 atom stereocenters. The third kappa shape index (κ3) is 5.28. The van der Waals surface area contributed by atoms with E-state index < -0.39 is 11.7 Å². The second kappa shape index (κ2) is 9.88. The molecule has 162 valence electrons. The molecule has 0 aliphatic heterocycles. The molecule has 31 heavy (non-hydrogen) atoms. The first-order valence-electron chi connectivity index (χ1n) is 9.97. The summed E-state index contributed by atoms with van der Waals surface area (Å²) < 4.78 is 21.2. The minimum atomic E-state index is -0.600. The maximum atomic E-state index is 14.1. The Bertz CT molecular complexity index is 1110. The van der Waals surface area contributed by atoms with Crippen LogP contribution in [0.5, 0.6) is 5.75 Å². The van der Waals surface area contributed by atoms with Gasteiger partial charge < -0.3 is 10.1 Å². The molecule has 8 heteroatoms. The lowest BCUT2D eigenvalue weighted by Gasteiger charge is -2.13. The molecule has 3 aromatic rings. The van der Waals surface area contributed by atoms with Crippen molar-refractivity contribution in [2.75, 3.05) is 12.4 Å². The minimum Gasteiger partial charge on any atom is -0.497 e. The number of anilines is 1. The van der Waals surface area contributed by atoms with Crippen molar-refractivity contribution in [3.8, 4) is 5.75 Å². The van der Waals surface area contributed by atoms with Gasteiger partial charge in [-0.05, 0) is 45.0 Å². The van der Waals surface area contributed by atoms with Gasteiger partial charge in [-0.2, -0.15) is 5.10 Å². The number of nitrogens with one attached hydrogen (secondary N) is 2. The van der Waals surface area contributed by atoms with Crippen LogP contribution in [0.2, 0.25) is 0 Å². The fourth-order valence-corrected chi connectivity index (χ4v) is 3.20. The number of rotatable bonds is 6. The number of benzene rings is 2. The van der Waals surface area contributed by atoms with Gasteiger partial charge in [0.1, 0.15) is 11.6 Å². The summed E-state index contributed by atoms with van der Waals surface area (Å²) in [4.78, 5) is 17.2. The van der Waals surface area contributed by atoms with Gasteiger partial charge in [0, 0.05) is 29.6 Å². The molecule has 2 aromatic carbocycles. The summed E-state index contributed by atoms with van der Waals surface area (Å²) in [6.07, 6.45) is 0. The Morgan fingerprint density at radius 2 is 1.97 bits per heavy atom. The molecule has 1 aromatic heterocycles. The molecule has 1 amide bonds. The molecule has 0 saturated carbocycles. The van der Waals surface area contributed by atoms with E-state index in [0.29, 0.717) is 18.0 Å². The van der Waals surface area contributed by atoms with Crippen LogP contribution in [-0.4, -0.2) is 28.8 Å². The summed E-state index contributed by atoms with van der Waals surface area (Å²) in [6.45, 7) is 7.01. The molecule has 2 N–H and O–H groups in total. The molecule has 7 nitrogen and oxygen atoms in total. The van der Waals surface area contributed by atoms with Gasteiger partial charge in [0.2, 0.25) is 5.96 Å². The van der Waals surface area contributed by atoms with Gasteiger partial charge in [0.15, 0.2) is 0 Å². The van der Waals surface area contributed by atoms with E-state index in [-0.39, 0.29) is 11.5 Å². The summed E-state index contributed by atoms with van der Waals surface area (Å²) in [7, 11) is 1.57. The van der Waals surface area contributed by atoms with Crippen LogP contribution < -0.4 is 15.4 Å². The molecular weight excluding hydrogens is 397 g/mol. The fourth-order valence-electron chi connectivity index (χ4n) is 3.20. The van der Waals surface area contributed by atoms with E-state index >= 15 is 0 Å². The largest absolute Gasteiger partial charge is 0.497 e. The number of hydrogen-bond acceptors (Lipinski definition) is 4. The van der Waals surface area contributed by atoms with Crippen molar-refractivity contribution in [3.63, 3.8) is 0 Å². The second-order valence-electron chi connectivity index (χ2n) is 6.92. The molecule has 0 saturated heterocycles. The van der Waals surface area contributed by atoms with Crippen molar-refractivity contribution in [2.45, 2.75) is 33.9 Å². The van der Waals surface area contributed by atoms with Gasteiger partial charge in [-0.1, -0.05) is 18.2 Å². The Hall–Kier alpha value is -3.68. The Morgan fingerprint density at radius 3 is 2.65 bits per heavy atom. The monoisotopic (exact) mass is 423 g/mol. The Kier molecular flexibility index (Phi) is 7.02. The number of aryl methyl sites for hydroxylation is 2. The molecule has 3 rings (SSSR count). The number of amides is 1. The average molecular weight is 423 g/mol. The van der Waals surface area contributed by atoms with E-state index in [1.807, 2.05) is 43.7 Å². The normalized spacial score (nSPS) is 11.3.